The lowest BCUT2D eigenvalue weighted by molar-refractivity contribution is 0.322. The van der Waals surface area contributed by atoms with Gasteiger partial charge < -0.3 is 5.21 Å². The molecule has 1 rings (SSSR count). The first-order valence-corrected chi connectivity index (χ1v) is 5.67. The molecule has 1 N–H and O–H groups in total. The van der Waals surface area contributed by atoms with Gasteiger partial charge in [-0.3, -0.25) is 0 Å². The van der Waals surface area contributed by atoms with Crippen LogP contribution in [-0.4, -0.2) is 11.4 Å². The highest BCUT2D eigenvalue weighted by atomic mass is 79.9. The second kappa shape index (κ2) is 4.02. The van der Waals surface area contributed by atoms with Gasteiger partial charge in [0.2, 0.25) is 0 Å². The van der Waals surface area contributed by atoms with Gasteiger partial charge in [-0.15, -0.1) is 11.3 Å². The van der Waals surface area contributed by atoms with Crippen molar-refractivity contribution < 1.29 is 5.21 Å². The van der Waals surface area contributed by atoms with Crippen LogP contribution in [0.15, 0.2) is 17.2 Å². The molecule has 0 aromatic carbocycles. The molecule has 0 saturated heterocycles. The average molecular weight is 364 g/mol. The van der Waals surface area contributed by atoms with E-state index >= 15 is 0 Å². The van der Waals surface area contributed by atoms with Crippen LogP contribution >= 0.6 is 59.1 Å². The smallest absolute Gasteiger partial charge is 0.0859 e. The van der Waals surface area contributed by atoms with Crippen LogP contribution in [0.4, 0.5) is 0 Å². The molecule has 11 heavy (non-hydrogen) atoms. The molecule has 0 aliphatic rings. The predicted octanol–water partition coefficient (Wildman–Crippen LogP) is 3.84. The number of nitrogens with zero attached hydrogens (tertiary/aromatic N) is 1. The summed E-state index contributed by atoms with van der Waals surface area (Å²) in [5, 5.41) is 11.2. The SMILES string of the molecule is ON=Cc1c(Br)sc(Br)c1Br. The summed E-state index contributed by atoms with van der Waals surface area (Å²) in [7, 11) is 0. The summed E-state index contributed by atoms with van der Waals surface area (Å²) in [6, 6.07) is 0. The molecule has 1 aromatic heterocycles. The third-order valence-corrected chi connectivity index (χ3v) is 5.18. The van der Waals surface area contributed by atoms with E-state index in [4.69, 9.17) is 5.21 Å². The van der Waals surface area contributed by atoms with E-state index in [1.54, 1.807) is 0 Å². The number of hydrogen-bond acceptors (Lipinski definition) is 3. The van der Waals surface area contributed by atoms with Gasteiger partial charge in [-0.1, -0.05) is 5.16 Å². The topological polar surface area (TPSA) is 32.6 Å². The molecule has 0 radical (unpaired) electrons. The van der Waals surface area contributed by atoms with Crippen molar-refractivity contribution in [2.45, 2.75) is 0 Å². The largest absolute Gasteiger partial charge is 0.411 e. The molecule has 60 valence electrons. The molecular formula is C5H2Br3NOS. The fourth-order valence-corrected chi connectivity index (χ4v) is 4.24. The Labute approximate surface area is 92.7 Å². The quantitative estimate of drug-likeness (QED) is 0.459. The molecule has 0 bridgehead atoms. The third kappa shape index (κ3) is 2.05. The monoisotopic (exact) mass is 361 g/mol. The van der Waals surface area contributed by atoms with E-state index in [-0.39, 0.29) is 0 Å². The Balaban J connectivity index is 3.22. The zero-order chi connectivity index (χ0) is 8.43. The molecule has 2 nitrogen and oxygen atoms in total. The molecule has 1 aromatic rings. The van der Waals surface area contributed by atoms with Crippen molar-refractivity contribution in [2.75, 3.05) is 0 Å². The molecule has 0 fully saturated rings. The fourth-order valence-electron chi connectivity index (χ4n) is 0.536. The lowest BCUT2D eigenvalue weighted by Gasteiger charge is -1.86. The lowest BCUT2D eigenvalue weighted by atomic mass is 10.4. The summed E-state index contributed by atoms with van der Waals surface area (Å²) in [6.07, 6.45) is 1.37. The van der Waals surface area contributed by atoms with Gasteiger partial charge in [-0.2, -0.15) is 0 Å². The van der Waals surface area contributed by atoms with Gasteiger partial charge in [0, 0.05) is 5.56 Å². The predicted molar refractivity (Wildman–Crippen MR) is 56.8 cm³/mol. The van der Waals surface area contributed by atoms with Gasteiger partial charge in [-0.25, -0.2) is 0 Å². The van der Waals surface area contributed by atoms with Gasteiger partial charge in [-0.05, 0) is 47.8 Å². The minimum absolute atomic E-state index is 0.837. The van der Waals surface area contributed by atoms with Crippen molar-refractivity contribution in [3.8, 4) is 0 Å². The minimum Gasteiger partial charge on any atom is -0.411 e. The van der Waals surface area contributed by atoms with Crippen LogP contribution in [0.5, 0.6) is 0 Å². The highest BCUT2D eigenvalue weighted by Gasteiger charge is 2.10. The lowest BCUT2D eigenvalue weighted by Crippen LogP contribution is -1.77. The van der Waals surface area contributed by atoms with Crippen LogP contribution in [0, 0.1) is 0 Å². The molecule has 0 aliphatic heterocycles. The Morgan fingerprint density at radius 3 is 2.27 bits per heavy atom. The Morgan fingerprint density at radius 1 is 1.27 bits per heavy atom. The van der Waals surface area contributed by atoms with E-state index in [1.807, 2.05) is 0 Å². The molecular weight excluding hydrogens is 362 g/mol. The summed E-state index contributed by atoms with van der Waals surface area (Å²) in [4.78, 5) is 0. The van der Waals surface area contributed by atoms with E-state index in [9.17, 15) is 0 Å². The van der Waals surface area contributed by atoms with Gasteiger partial charge in [0.25, 0.3) is 0 Å². The second-order valence-electron chi connectivity index (χ2n) is 1.62. The van der Waals surface area contributed by atoms with Crippen LogP contribution in [0.2, 0.25) is 0 Å². The van der Waals surface area contributed by atoms with Crippen molar-refractivity contribution in [3.05, 3.63) is 17.6 Å². The summed E-state index contributed by atoms with van der Waals surface area (Å²) >= 11 is 11.5. The first kappa shape index (κ1) is 9.70. The van der Waals surface area contributed by atoms with Gasteiger partial charge in [0.1, 0.15) is 0 Å². The number of thiophene rings is 1. The maximum absolute atomic E-state index is 8.29. The standard InChI is InChI=1S/C5H2Br3NOS/c6-3-2(1-9-10)4(7)11-5(3)8/h1,10H. The van der Waals surface area contributed by atoms with E-state index < -0.39 is 0 Å². The van der Waals surface area contributed by atoms with Crippen molar-refractivity contribution in [1.82, 2.24) is 0 Å². The molecule has 0 atom stereocenters. The Bertz CT molecular complexity index is 296. The molecule has 0 saturated carbocycles. The summed E-state index contributed by atoms with van der Waals surface area (Å²) < 4.78 is 2.79. The first-order chi connectivity index (χ1) is 5.16. The third-order valence-electron chi connectivity index (χ3n) is 0.987. The van der Waals surface area contributed by atoms with Crippen LogP contribution < -0.4 is 0 Å². The highest BCUT2D eigenvalue weighted by molar-refractivity contribution is 9.14. The molecule has 1 heterocycles. The summed E-state index contributed by atoms with van der Waals surface area (Å²) in [5.41, 5.74) is 0.837. The van der Waals surface area contributed by atoms with E-state index in [0.717, 1.165) is 17.6 Å². The maximum atomic E-state index is 8.29. The van der Waals surface area contributed by atoms with Crippen LogP contribution in [0.3, 0.4) is 0 Å². The van der Waals surface area contributed by atoms with Gasteiger partial charge in [0.05, 0.1) is 18.3 Å². The van der Waals surface area contributed by atoms with Crippen molar-refractivity contribution in [1.29, 1.82) is 0 Å². The number of oxime groups is 1. The average Bonchev–Trinajstić information content (AvgIpc) is 2.17. The van der Waals surface area contributed by atoms with Gasteiger partial charge >= 0.3 is 0 Å². The van der Waals surface area contributed by atoms with Crippen molar-refractivity contribution >= 4 is 65.3 Å². The first-order valence-electron chi connectivity index (χ1n) is 2.47. The zero-order valence-electron chi connectivity index (χ0n) is 5.01. The molecule has 0 spiro atoms. The normalized spacial score (nSPS) is 11.2. The van der Waals surface area contributed by atoms with E-state index in [1.165, 1.54) is 17.6 Å². The van der Waals surface area contributed by atoms with Crippen LogP contribution in [0.25, 0.3) is 0 Å². The van der Waals surface area contributed by atoms with Crippen molar-refractivity contribution in [2.24, 2.45) is 5.16 Å². The van der Waals surface area contributed by atoms with E-state index in [0.29, 0.717) is 0 Å². The van der Waals surface area contributed by atoms with Crippen molar-refractivity contribution in [3.63, 3.8) is 0 Å². The Morgan fingerprint density at radius 2 is 1.91 bits per heavy atom. The Hall–Kier alpha value is 0.610. The number of rotatable bonds is 1. The van der Waals surface area contributed by atoms with E-state index in [2.05, 4.69) is 52.9 Å². The van der Waals surface area contributed by atoms with Crippen LogP contribution in [-0.2, 0) is 0 Å². The van der Waals surface area contributed by atoms with Crippen LogP contribution in [0.1, 0.15) is 5.56 Å². The highest BCUT2D eigenvalue weighted by Crippen LogP contribution is 2.39. The fraction of sp³-hybridized carbons (Fsp3) is 0. The summed E-state index contributed by atoms with van der Waals surface area (Å²) in [6.45, 7) is 0. The summed E-state index contributed by atoms with van der Waals surface area (Å²) in [5.74, 6) is 0. The zero-order valence-corrected chi connectivity index (χ0v) is 10.6. The number of halogens is 3. The minimum atomic E-state index is 0.837. The Kier molecular flexibility index (Phi) is 3.54. The molecule has 0 aliphatic carbocycles. The second-order valence-corrected chi connectivity index (χ2v) is 6.07. The molecule has 0 unspecified atom stereocenters. The van der Waals surface area contributed by atoms with Gasteiger partial charge in [0.15, 0.2) is 0 Å². The molecule has 6 heteroatoms. The maximum Gasteiger partial charge on any atom is 0.0859 e. The molecule has 0 amide bonds. The number of hydrogen-bond donors (Lipinski definition) is 1.